The Morgan fingerprint density at radius 2 is 1.68 bits per heavy atom. The van der Waals surface area contributed by atoms with E-state index in [0.717, 1.165) is 24.0 Å². The first kappa shape index (κ1) is 21.9. The van der Waals surface area contributed by atoms with E-state index < -0.39 is 16.1 Å². The summed E-state index contributed by atoms with van der Waals surface area (Å²) in [7, 11) is -3.60. The Kier molecular flexibility index (Phi) is 6.14. The highest BCUT2D eigenvalue weighted by molar-refractivity contribution is 7.89. The highest BCUT2D eigenvalue weighted by Crippen LogP contribution is 2.28. The molecule has 6 nitrogen and oxygen atoms in total. The first-order chi connectivity index (χ1) is 14.8. The molecule has 166 valence electrons. The van der Waals surface area contributed by atoms with Crippen molar-refractivity contribution in [1.29, 1.82) is 0 Å². The molecule has 1 amide bonds. The summed E-state index contributed by atoms with van der Waals surface area (Å²) in [5.41, 5.74) is 2.46. The van der Waals surface area contributed by atoms with Gasteiger partial charge in [0.1, 0.15) is 11.9 Å². The van der Waals surface area contributed by atoms with E-state index in [9.17, 15) is 17.6 Å². The van der Waals surface area contributed by atoms with Crippen LogP contribution in [0, 0.1) is 19.7 Å². The van der Waals surface area contributed by atoms with E-state index in [0.29, 0.717) is 36.6 Å². The van der Waals surface area contributed by atoms with Gasteiger partial charge in [0.05, 0.1) is 4.90 Å². The van der Waals surface area contributed by atoms with Gasteiger partial charge in [-0.15, -0.1) is 0 Å². The van der Waals surface area contributed by atoms with Crippen LogP contribution in [0.15, 0.2) is 47.4 Å². The molecule has 1 unspecified atom stereocenters. The number of aryl methyl sites for hydroxylation is 2. The average molecular weight is 446 g/mol. The number of amides is 1. The van der Waals surface area contributed by atoms with Gasteiger partial charge in [-0.25, -0.2) is 12.8 Å². The van der Waals surface area contributed by atoms with Gasteiger partial charge in [-0.3, -0.25) is 9.69 Å². The molecule has 4 rings (SSSR count). The van der Waals surface area contributed by atoms with Gasteiger partial charge in [-0.2, -0.15) is 4.31 Å². The Balaban J connectivity index is 1.51. The molecule has 1 atom stereocenters. The molecule has 2 aromatic carbocycles. The fourth-order valence-corrected chi connectivity index (χ4v) is 5.74. The van der Waals surface area contributed by atoms with Crippen molar-refractivity contribution in [3.63, 3.8) is 0 Å². The van der Waals surface area contributed by atoms with Crippen LogP contribution in [0.3, 0.4) is 0 Å². The van der Waals surface area contributed by atoms with Gasteiger partial charge in [0.25, 0.3) is 0 Å². The molecule has 1 heterocycles. The summed E-state index contributed by atoms with van der Waals surface area (Å²) in [5.74, 6) is -0.464. The highest BCUT2D eigenvalue weighted by Gasteiger charge is 2.36. The second kappa shape index (κ2) is 8.68. The normalized spacial score (nSPS) is 19.2. The van der Waals surface area contributed by atoms with Crippen LogP contribution in [0.5, 0.6) is 0 Å². The quantitative estimate of drug-likeness (QED) is 0.742. The van der Waals surface area contributed by atoms with Gasteiger partial charge >= 0.3 is 0 Å². The summed E-state index contributed by atoms with van der Waals surface area (Å²) in [6, 6.07) is 11.0. The molecule has 0 aromatic heterocycles. The number of carbonyl (C=O) groups is 1. The number of nitrogens with one attached hydrogen (secondary N) is 1. The number of carbonyl (C=O) groups excluding carboxylic acids is 1. The summed E-state index contributed by atoms with van der Waals surface area (Å²) >= 11 is 0. The fourth-order valence-electron chi connectivity index (χ4n) is 4.11. The molecular weight excluding hydrogens is 417 g/mol. The van der Waals surface area contributed by atoms with Gasteiger partial charge in [0.15, 0.2) is 0 Å². The second-order valence-corrected chi connectivity index (χ2v) is 10.4. The van der Waals surface area contributed by atoms with Crippen LogP contribution in [0.2, 0.25) is 0 Å². The summed E-state index contributed by atoms with van der Waals surface area (Å²) in [4.78, 5) is 15.3. The summed E-state index contributed by atoms with van der Waals surface area (Å²) in [6.07, 6.45) is 1.95. The van der Waals surface area contributed by atoms with E-state index in [4.69, 9.17) is 0 Å². The minimum absolute atomic E-state index is 0.111. The third-order valence-corrected chi connectivity index (χ3v) is 8.00. The van der Waals surface area contributed by atoms with Crippen LogP contribution in [0.1, 0.15) is 35.6 Å². The molecule has 31 heavy (non-hydrogen) atoms. The molecule has 1 saturated heterocycles. The van der Waals surface area contributed by atoms with Gasteiger partial charge in [-0.1, -0.05) is 29.8 Å². The number of piperazine rings is 1. The predicted molar refractivity (Wildman–Crippen MR) is 117 cm³/mol. The lowest BCUT2D eigenvalue weighted by atomic mass is 10.0. The maximum atomic E-state index is 13.4. The SMILES string of the molecule is Cc1ccc(S(=O)(=O)N2CCN(C(C(=O)NC3CC3)c3ccc(F)cc3)CC2)c(C)c1. The number of hydrogen-bond acceptors (Lipinski definition) is 4. The molecule has 2 aliphatic rings. The number of benzene rings is 2. The van der Waals surface area contributed by atoms with Crippen LogP contribution < -0.4 is 5.32 Å². The molecule has 0 radical (unpaired) electrons. The molecule has 2 fully saturated rings. The molecule has 1 saturated carbocycles. The van der Waals surface area contributed by atoms with Crippen LogP contribution in [-0.4, -0.2) is 55.8 Å². The lowest BCUT2D eigenvalue weighted by Crippen LogP contribution is -2.52. The maximum absolute atomic E-state index is 13.4. The predicted octanol–water partition coefficient (Wildman–Crippen LogP) is 2.77. The van der Waals surface area contributed by atoms with Gasteiger partial charge < -0.3 is 5.32 Å². The summed E-state index contributed by atoms with van der Waals surface area (Å²) < 4.78 is 41.3. The van der Waals surface area contributed by atoms with E-state index in [-0.39, 0.29) is 17.8 Å². The summed E-state index contributed by atoms with van der Waals surface area (Å²) in [5, 5.41) is 3.04. The standard InChI is InChI=1S/C23H28FN3O3S/c1-16-3-10-21(17(2)15-16)31(29,30)27-13-11-26(12-14-27)22(23(28)25-20-8-9-20)18-4-6-19(24)7-5-18/h3-7,10,15,20,22H,8-9,11-14H2,1-2H3,(H,25,28). The zero-order valence-electron chi connectivity index (χ0n) is 17.8. The zero-order chi connectivity index (χ0) is 22.2. The van der Waals surface area contributed by atoms with E-state index in [1.807, 2.05) is 30.9 Å². The molecule has 1 aliphatic heterocycles. The third kappa shape index (κ3) is 4.81. The number of sulfonamides is 1. The number of hydrogen-bond donors (Lipinski definition) is 1. The van der Waals surface area contributed by atoms with Gasteiger partial charge in [-0.05, 0) is 56.0 Å². The molecular formula is C23H28FN3O3S. The molecule has 0 bridgehead atoms. The van der Waals surface area contributed by atoms with E-state index in [1.54, 1.807) is 18.2 Å². The van der Waals surface area contributed by atoms with Crippen LogP contribution >= 0.6 is 0 Å². The van der Waals surface area contributed by atoms with Crippen molar-refractivity contribution < 1.29 is 17.6 Å². The van der Waals surface area contributed by atoms with Crippen molar-refractivity contribution in [2.45, 2.75) is 43.7 Å². The zero-order valence-corrected chi connectivity index (χ0v) is 18.7. The van der Waals surface area contributed by atoms with Gasteiger partial charge in [0, 0.05) is 32.2 Å². The Bertz CT molecular complexity index is 1060. The molecule has 1 aliphatic carbocycles. The molecule has 0 spiro atoms. The van der Waals surface area contributed by atoms with Crippen molar-refractivity contribution in [3.05, 3.63) is 65.0 Å². The highest BCUT2D eigenvalue weighted by atomic mass is 32.2. The van der Waals surface area contributed by atoms with Crippen molar-refractivity contribution >= 4 is 15.9 Å². The smallest absolute Gasteiger partial charge is 0.243 e. The number of halogens is 1. The Hall–Kier alpha value is -2.29. The summed E-state index contributed by atoms with van der Waals surface area (Å²) in [6.45, 7) is 5.18. The van der Waals surface area contributed by atoms with E-state index in [2.05, 4.69) is 5.32 Å². The minimum atomic E-state index is -3.60. The average Bonchev–Trinajstić information content (AvgIpc) is 3.54. The Labute approximate surface area is 183 Å². The van der Waals surface area contributed by atoms with Crippen LogP contribution in [-0.2, 0) is 14.8 Å². The molecule has 8 heteroatoms. The number of nitrogens with zero attached hydrogens (tertiary/aromatic N) is 2. The van der Waals surface area contributed by atoms with Gasteiger partial charge in [0.2, 0.25) is 15.9 Å². The van der Waals surface area contributed by atoms with Crippen LogP contribution in [0.25, 0.3) is 0 Å². The number of rotatable bonds is 6. The van der Waals surface area contributed by atoms with E-state index >= 15 is 0 Å². The first-order valence-electron chi connectivity index (χ1n) is 10.6. The van der Waals surface area contributed by atoms with Crippen molar-refractivity contribution in [1.82, 2.24) is 14.5 Å². The molecule has 2 aromatic rings. The van der Waals surface area contributed by atoms with Crippen LogP contribution in [0.4, 0.5) is 4.39 Å². The van der Waals surface area contributed by atoms with Crippen molar-refractivity contribution in [3.8, 4) is 0 Å². The first-order valence-corrected chi connectivity index (χ1v) is 12.1. The maximum Gasteiger partial charge on any atom is 0.243 e. The Morgan fingerprint density at radius 3 is 2.26 bits per heavy atom. The van der Waals surface area contributed by atoms with Crippen molar-refractivity contribution in [2.75, 3.05) is 26.2 Å². The lowest BCUT2D eigenvalue weighted by Gasteiger charge is -2.38. The Morgan fingerprint density at radius 1 is 1.03 bits per heavy atom. The largest absolute Gasteiger partial charge is 0.352 e. The monoisotopic (exact) mass is 445 g/mol. The fraction of sp³-hybridized carbons (Fsp3) is 0.435. The lowest BCUT2D eigenvalue weighted by molar-refractivity contribution is -0.127. The van der Waals surface area contributed by atoms with Crippen molar-refractivity contribution in [2.24, 2.45) is 0 Å². The minimum Gasteiger partial charge on any atom is -0.352 e. The molecule has 1 N–H and O–H groups in total. The third-order valence-electron chi connectivity index (χ3n) is 5.94. The van der Waals surface area contributed by atoms with E-state index in [1.165, 1.54) is 16.4 Å². The topological polar surface area (TPSA) is 69.7 Å². The second-order valence-electron chi connectivity index (χ2n) is 8.45.